The fourth-order valence-corrected chi connectivity index (χ4v) is 2.75. The van der Waals surface area contributed by atoms with E-state index in [0.717, 1.165) is 25.7 Å². The molecular formula is C14H25NO. The van der Waals surface area contributed by atoms with Crippen molar-refractivity contribution < 1.29 is 5.11 Å². The molecular weight excluding hydrogens is 198 g/mol. The number of aliphatic hydroxyl groups is 1. The van der Waals surface area contributed by atoms with Crippen LogP contribution in [0.1, 0.15) is 59.8 Å². The van der Waals surface area contributed by atoms with E-state index < -0.39 is 11.0 Å². The van der Waals surface area contributed by atoms with E-state index in [1.54, 1.807) is 0 Å². The Balaban J connectivity index is 2.76. The van der Waals surface area contributed by atoms with Crippen LogP contribution in [0.15, 0.2) is 0 Å². The van der Waals surface area contributed by atoms with Crippen molar-refractivity contribution in [2.45, 2.75) is 65.4 Å². The van der Waals surface area contributed by atoms with Gasteiger partial charge in [0.05, 0.1) is 17.1 Å². The lowest BCUT2D eigenvalue weighted by atomic mass is 9.71. The van der Waals surface area contributed by atoms with Crippen molar-refractivity contribution >= 4 is 0 Å². The topological polar surface area (TPSA) is 44.0 Å². The SMILES string of the molecule is CC(C)C1CCCC(O)(C(C)(C)C#N)CC1. The highest BCUT2D eigenvalue weighted by molar-refractivity contribution is 5.07. The van der Waals surface area contributed by atoms with E-state index in [-0.39, 0.29) is 0 Å². The number of hydrogen-bond acceptors (Lipinski definition) is 2. The number of nitriles is 1. The van der Waals surface area contributed by atoms with Gasteiger partial charge in [0.1, 0.15) is 0 Å². The minimum Gasteiger partial charge on any atom is -0.388 e. The van der Waals surface area contributed by atoms with Gasteiger partial charge in [-0.3, -0.25) is 0 Å². The van der Waals surface area contributed by atoms with Crippen LogP contribution in [0, 0.1) is 28.6 Å². The first-order chi connectivity index (χ1) is 7.32. The zero-order valence-corrected chi connectivity index (χ0v) is 11.1. The summed E-state index contributed by atoms with van der Waals surface area (Å²) in [4.78, 5) is 0. The minimum atomic E-state index is -0.786. The molecule has 0 radical (unpaired) electrons. The second kappa shape index (κ2) is 4.75. The lowest BCUT2D eigenvalue weighted by Gasteiger charge is -2.37. The number of rotatable bonds is 2. The van der Waals surface area contributed by atoms with Crippen molar-refractivity contribution in [3.8, 4) is 6.07 Å². The van der Waals surface area contributed by atoms with Gasteiger partial charge >= 0.3 is 0 Å². The van der Waals surface area contributed by atoms with Gasteiger partial charge < -0.3 is 5.11 Å². The molecule has 0 aromatic carbocycles. The fourth-order valence-electron chi connectivity index (χ4n) is 2.75. The Bertz CT molecular complexity index is 277. The standard InChI is InChI=1S/C14H25NO/c1-11(2)12-6-5-8-14(16,9-7-12)13(3,4)10-15/h11-12,16H,5-9H2,1-4H3. The molecule has 0 heterocycles. The van der Waals surface area contributed by atoms with Crippen LogP contribution in [-0.4, -0.2) is 10.7 Å². The second-order valence-electron chi connectivity index (χ2n) is 6.20. The van der Waals surface area contributed by atoms with Crippen molar-refractivity contribution in [3.05, 3.63) is 0 Å². The van der Waals surface area contributed by atoms with Crippen LogP contribution in [0.3, 0.4) is 0 Å². The molecule has 1 fully saturated rings. The normalized spacial score (nSPS) is 32.2. The molecule has 0 amide bonds. The summed E-state index contributed by atoms with van der Waals surface area (Å²) in [6.45, 7) is 8.24. The number of nitrogens with zero attached hydrogens (tertiary/aromatic N) is 1. The molecule has 0 saturated heterocycles. The average molecular weight is 223 g/mol. The van der Waals surface area contributed by atoms with E-state index in [2.05, 4.69) is 19.9 Å². The monoisotopic (exact) mass is 223 g/mol. The third-order valence-corrected chi connectivity index (χ3v) is 4.48. The molecule has 1 rings (SSSR count). The summed E-state index contributed by atoms with van der Waals surface area (Å²) in [7, 11) is 0. The van der Waals surface area contributed by atoms with E-state index in [1.165, 1.54) is 6.42 Å². The molecule has 16 heavy (non-hydrogen) atoms. The van der Waals surface area contributed by atoms with E-state index in [0.29, 0.717) is 11.8 Å². The first-order valence-corrected chi connectivity index (χ1v) is 6.46. The van der Waals surface area contributed by atoms with Gasteiger partial charge in [-0.2, -0.15) is 5.26 Å². The van der Waals surface area contributed by atoms with Crippen molar-refractivity contribution in [2.75, 3.05) is 0 Å². The van der Waals surface area contributed by atoms with E-state index >= 15 is 0 Å². The van der Waals surface area contributed by atoms with Gasteiger partial charge in [-0.25, -0.2) is 0 Å². The maximum absolute atomic E-state index is 10.7. The van der Waals surface area contributed by atoms with Crippen LogP contribution in [0.5, 0.6) is 0 Å². The van der Waals surface area contributed by atoms with Crippen LogP contribution >= 0.6 is 0 Å². The highest BCUT2D eigenvalue weighted by Crippen LogP contribution is 2.43. The summed E-state index contributed by atoms with van der Waals surface area (Å²) in [5, 5.41) is 19.8. The Morgan fingerprint density at radius 1 is 1.31 bits per heavy atom. The Hall–Kier alpha value is -0.550. The first-order valence-electron chi connectivity index (χ1n) is 6.46. The summed E-state index contributed by atoms with van der Waals surface area (Å²) >= 11 is 0. The molecule has 0 bridgehead atoms. The molecule has 2 atom stereocenters. The van der Waals surface area contributed by atoms with E-state index in [4.69, 9.17) is 5.26 Å². The molecule has 1 aliphatic rings. The highest BCUT2D eigenvalue weighted by atomic mass is 16.3. The van der Waals surface area contributed by atoms with Crippen LogP contribution in [-0.2, 0) is 0 Å². The second-order valence-corrected chi connectivity index (χ2v) is 6.20. The molecule has 2 unspecified atom stereocenters. The lowest BCUT2D eigenvalue weighted by molar-refractivity contribution is -0.0521. The van der Waals surface area contributed by atoms with Gasteiger partial charge in [0.15, 0.2) is 0 Å². The van der Waals surface area contributed by atoms with Gasteiger partial charge in [0, 0.05) is 0 Å². The summed E-state index contributed by atoms with van der Waals surface area (Å²) in [6, 6.07) is 2.27. The molecule has 92 valence electrons. The highest BCUT2D eigenvalue weighted by Gasteiger charge is 2.44. The van der Waals surface area contributed by atoms with Crippen LogP contribution in [0.25, 0.3) is 0 Å². The maximum Gasteiger partial charge on any atom is 0.0828 e. The molecule has 0 spiro atoms. The van der Waals surface area contributed by atoms with Gasteiger partial charge in [-0.15, -0.1) is 0 Å². The Morgan fingerprint density at radius 2 is 1.94 bits per heavy atom. The zero-order valence-electron chi connectivity index (χ0n) is 11.1. The third-order valence-electron chi connectivity index (χ3n) is 4.48. The van der Waals surface area contributed by atoms with E-state index in [9.17, 15) is 5.11 Å². The quantitative estimate of drug-likeness (QED) is 0.728. The van der Waals surface area contributed by atoms with Crippen LogP contribution < -0.4 is 0 Å². The van der Waals surface area contributed by atoms with Crippen LogP contribution in [0.2, 0.25) is 0 Å². The predicted octanol–water partition coefficient (Wildman–Crippen LogP) is 3.50. The van der Waals surface area contributed by atoms with Crippen molar-refractivity contribution in [2.24, 2.45) is 17.3 Å². The van der Waals surface area contributed by atoms with Crippen molar-refractivity contribution in [1.82, 2.24) is 0 Å². The van der Waals surface area contributed by atoms with Gasteiger partial charge in [-0.1, -0.05) is 26.7 Å². The molecule has 2 nitrogen and oxygen atoms in total. The maximum atomic E-state index is 10.7. The minimum absolute atomic E-state index is 0.626. The van der Waals surface area contributed by atoms with Crippen molar-refractivity contribution in [1.29, 1.82) is 5.26 Å². The fraction of sp³-hybridized carbons (Fsp3) is 0.929. The Labute approximate surface area is 99.7 Å². The average Bonchev–Trinajstić information content (AvgIpc) is 2.41. The zero-order chi connectivity index (χ0) is 12.4. The molecule has 1 aliphatic carbocycles. The smallest absolute Gasteiger partial charge is 0.0828 e. The van der Waals surface area contributed by atoms with Gasteiger partial charge in [-0.05, 0) is 44.9 Å². The predicted molar refractivity (Wildman–Crippen MR) is 65.8 cm³/mol. The largest absolute Gasteiger partial charge is 0.388 e. The molecule has 0 aliphatic heterocycles. The van der Waals surface area contributed by atoms with Crippen molar-refractivity contribution in [3.63, 3.8) is 0 Å². The first kappa shape index (κ1) is 13.5. The van der Waals surface area contributed by atoms with Gasteiger partial charge in [0.25, 0.3) is 0 Å². The third kappa shape index (κ3) is 2.58. The molecule has 0 aromatic heterocycles. The molecule has 2 heteroatoms. The molecule has 1 N–H and O–H groups in total. The number of hydrogen-bond donors (Lipinski definition) is 1. The summed E-state index contributed by atoms with van der Waals surface area (Å²) in [5.74, 6) is 1.40. The molecule has 0 aromatic rings. The van der Waals surface area contributed by atoms with Gasteiger partial charge in [0.2, 0.25) is 0 Å². The lowest BCUT2D eigenvalue weighted by Crippen LogP contribution is -2.43. The Kier molecular flexibility index (Phi) is 4.02. The van der Waals surface area contributed by atoms with E-state index in [1.807, 2.05) is 13.8 Å². The summed E-state index contributed by atoms with van der Waals surface area (Å²) in [5.41, 5.74) is -1.41. The summed E-state index contributed by atoms with van der Waals surface area (Å²) in [6.07, 6.45) is 4.85. The van der Waals surface area contributed by atoms with Crippen LogP contribution in [0.4, 0.5) is 0 Å². The summed E-state index contributed by atoms with van der Waals surface area (Å²) < 4.78 is 0. The Morgan fingerprint density at radius 3 is 2.44 bits per heavy atom. The molecule has 1 saturated carbocycles.